The number of aromatic nitrogens is 2. The lowest BCUT2D eigenvalue weighted by atomic mass is 10.1. The van der Waals surface area contributed by atoms with E-state index in [0.717, 1.165) is 36.5 Å². The molecule has 5 nitrogen and oxygen atoms in total. The van der Waals surface area contributed by atoms with E-state index in [2.05, 4.69) is 15.3 Å². The highest BCUT2D eigenvalue weighted by Gasteiger charge is 2.13. The summed E-state index contributed by atoms with van der Waals surface area (Å²) in [6, 6.07) is 6.74. The zero-order valence-electron chi connectivity index (χ0n) is 13.1. The van der Waals surface area contributed by atoms with Crippen LogP contribution in [0.5, 0.6) is 0 Å². The Balaban J connectivity index is 1.84. The van der Waals surface area contributed by atoms with Crippen molar-refractivity contribution in [2.75, 3.05) is 5.32 Å². The fourth-order valence-electron chi connectivity index (χ4n) is 2.99. The Morgan fingerprint density at radius 3 is 2.39 bits per heavy atom. The molecule has 0 saturated heterocycles. The predicted octanol–water partition coefficient (Wildman–Crippen LogP) is 3.97. The van der Waals surface area contributed by atoms with Gasteiger partial charge in [-0.2, -0.15) is 0 Å². The van der Waals surface area contributed by atoms with Crippen LogP contribution in [0, 0.1) is 0 Å². The van der Waals surface area contributed by atoms with Gasteiger partial charge in [-0.15, -0.1) is 0 Å². The average molecular weight is 311 g/mol. The second-order valence-corrected chi connectivity index (χ2v) is 5.92. The van der Waals surface area contributed by atoms with Crippen molar-refractivity contribution in [1.29, 1.82) is 0 Å². The number of carbonyl (C=O) groups is 1. The average Bonchev–Trinajstić information content (AvgIpc) is 2.67. The number of benzene rings is 1. The molecule has 1 aliphatic rings. The van der Waals surface area contributed by atoms with Crippen molar-refractivity contribution in [3.05, 3.63) is 47.4 Å². The van der Waals surface area contributed by atoms with E-state index in [9.17, 15) is 4.79 Å². The van der Waals surface area contributed by atoms with Gasteiger partial charge in [0.05, 0.1) is 5.56 Å². The summed E-state index contributed by atoms with van der Waals surface area (Å²) in [5.41, 5.74) is 3.48. The molecule has 3 rings (SSSR count). The molecule has 23 heavy (non-hydrogen) atoms. The van der Waals surface area contributed by atoms with Crippen LogP contribution in [-0.4, -0.2) is 21.0 Å². The number of hydrogen-bond acceptors (Lipinski definition) is 4. The van der Waals surface area contributed by atoms with Crippen LogP contribution in [0.25, 0.3) is 0 Å². The van der Waals surface area contributed by atoms with Crippen molar-refractivity contribution in [2.24, 2.45) is 0 Å². The molecule has 0 aliphatic heterocycles. The quantitative estimate of drug-likeness (QED) is 0.897. The Morgan fingerprint density at radius 2 is 1.65 bits per heavy atom. The monoisotopic (exact) mass is 311 g/mol. The summed E-state index contributed by atoms with van der Waals surface area (Å²) in [5.74, 6) is -0.0695. The van der Waals surface area contributed by atoms with Crippen LogP contribution in [-0.2, 0) is 12.8 Å². The Hall–Kier alpha value is -2.43. The lowest BCUT2D eigenvalue weighted by molar-refractivity contribution is 0.0697. The van der Waals surface area contributed by atoms with Crippen molar-refractivity contribution in [1.82, 2.24) is 9.97 Å². The lowest BCUT2D eigenvalue weighted by Crippen LogP contribution is -2.06. The fourth-order valence-corrected chi connectivity index (χ4v) is 2.99. The standard InChI is InChI=1S/C18H21N3O2/c22-18(23)13-8-10-14(11-9-13)21-17-15-6-4-2-1-3-5-7-16(15)19-12-20-17/h8-12H,1-7H2,(H,22,23)(H,19,20,21). The Morgan fingerprint density at radius 1 is 0.957 bits per heavy atom. The minimum atomic E-state index is -0.917. The van der Waals surface area contributed by atoms with Crippen molar-refractivity contribution < 1.29 is 9.90 Å². The van der Waals surface area contributed by atoms with Crippen molar-refractivity contribution in [3.8, 4) is 0 Å². The van der Waals surface area contributed by atoms with E-state index in [-0.39, 0.29) is 5.56 Å². The lowest BCUT2D eigenvalue weighted by Gasteiger charge is -2.14. The third-order valence-electron chi connectivity index (χ3n) is 4.27. The molecule has 0 spiro atoms. The number of nitrogens with zero attached hydrogens (tertiary/aromatic N) is 2. The van der Waals surface area contributed by atoms with E-state index in [1.54, 1.807) is 30.6 Å². The molecule has 5 heteroatoms. The minimum Gasteiger partial charge on any atom is -0.478 e. The van der Waals surface area contributed by atoms with Gasteiger partial charge in [-0.05, 0) is 49.9 Å². The SMILES string of the molecule is O=C(O)c1ccc(Nc2ncnc3c2CCCCCCC3)cc1. The summed E-state index contributed by atoms with van der Waals surface area (Å²) < 4.78 is 0. The molecule has 1 aliphatic carbocycles. The number of hydrogen-bond donors (Lipinski definition) is 2. The maximum Gasteiger partial charge on any atom is 0.335 e. The number of anilines is 2. The second kappa shape index (κ2) is 7.22. The van der Waals surface area contributed by atoms with Crippen molar-refractivity contribution in [2.45, 2.75) is 44.9 Å². The van der Waals surface area contributed by atoms with Gasteiger partial charge in [0.15, 0.2) is 0 Å². The summed E-state index contributed by atoms with van der Waals surface area (Å²) in [6.45, 7) is 0. The normalized spacial score (nSPS) is 15.0. The van der Waals surface area contributed by atoms with Crippen LogP contribution in [0.1, 0.15) is 53.7 Å². The van der Waals surface area contributed by atoms with E-state index >= 15 is 0 Å². The van der Waals surface area contributed by atoms with Gasteiger partial charge in [0.2, 0.25) is 0 Å². The summed E-state index contributed by atoms with van der Waals surface area (Å²) >= 11 is 0. The molecular weight excluding hydrogens is 290 g/mol. The van der Waals surface area contributed by atoms with Crippen molar-refractivity contribution in [3.63, 3.8) is 0 Å². The van der Waals surface area contributed by atoms with E-state index in [4.69, 9.17) is 5.11 Å². The van der Waals surface area contributed by atoms with Crippen molar-refractivity contribution >= 4 is 17.5 Å². The van der Waals surface area contributed by atoms with Gasteiger partial charge in [-0.3, -0.25) is 0 Å². The molecule has 120 valence electrons. The topological polar surface area (TPSA) is 75.1 Å². The summed E-state index contributed by atoms with van der Waals surface area (Å²) in [5, 5.41) is 12.3. The molecule has 0 unspecified atom stereocenters. The predicted molar refractivity (Wildman–Crippen MR) is 89.2 cm³/mol. The number of carboxylic acids is 1. The van der Waals surface area contributed by atoms with E-state index in [0.29, 0.717) is 0 Å². The molecule has 0 amide bonds. The number of fused-ring (bicyclic) bond motifs is 1. The molecule has 0 fully saturated rings. The zero-order chi connectivity index (χ0) is 16.1. The maximum absolute atomic E-state index is 10.9. The second-order valence-electron chi connectivity index (χ2n) is 5.92. The van der Waals surface area contributed by atoms with E-state index < -0.39 is 5.97 Å². The molecule has 1 aromatic heterocycles. The summed E-state index contributed by atoms with van der Waals surface area (Å²) in [6.07, 6.45) is 9.76. The molecule has 0 bridgehead atoms. The van der Waals surface area contributed by atoms with Gasteiger partial charge in [-0.1, -0.05) is 19.3 Å². The number of aromatic carboxylic acids is 1. The maximum atomic E-state index is 10.9. The van der Waals surface area contributed by atoms with Gasteiger partial charge >= 0.3 is 5.97 Å². The van der Waals surface area contributed by atoms with E-state index in [1.165, 1.54) is 31.2 Å². The molecule has 0 radical (unpaired) electrons. The Labute approximate surface area is 135 Å². The number of nitrogens with one attached hydrogen (secondary N) is 1. The van der Waals surface area contributed by atoms with Crippen LogP contribution in [0.4, 0.5) is 11.5 Å². The first-order valence-electron chi connectivity index (χ1n) is 8.17. The number of carboxylic acid groups (broad SMARTS) is 1. The first-order chi connectivity index (χ1) is 11.2. The molecule has 2 N–H and O–H groups in total. The van der Waals surface area contributed by atoms with Crippen LogP contribution in [0.2, 0.25) is 0 Å². The first-order valence-corrected chi connectivity index (χ1v) is 8.17. The van der Waals surface area contributed by atoms with Gasteiger partial charge in [0, 0.05) is 16.9 Å². The van der Waals surface area contributed by atoms with Crippen LogP contribution in [0.15, 0.2) is 30.6 Å². The van der Waals surface area contributed by atoms with Crippen LogP contribution >= 0.6 is 0 Å². The van der Waals surface area contributed by atoms with Gasteiger partial charge < -0.3 is 10.4 Å². The smallest absolute Gasteiger partial charge is 0.335 e. The molecule has 0 atom stereocenters. The highest BCUT2D eigenvalue weighted by Crippen LogP contribution is 2.25. The Kier molecular flexibility index (Phi) is 4.86. The van der Waals surface area contributed by atoms with Gasteiger partial charge in [0.1, 0.15) is 12.1 Å². The van der Waals surface area contributed by atoms with Gasteiger partial charge in [0.25, 0.3) is 0 Å². The summed E-state index contributed by atoms with van der Waals surface area (Å²) in [4.78, 5) is 19.8. The molecule has 0 saturated carbocycles. The molecular formula is C18H21N3O2. The Bertz CT molecular complexity index is 683. The fraction of sp³-hybridized carbons (Fsp3) is 0.389. The third kappa shape index (κ3) is 3.86. The van der Waals surface area contributed by atoms with Gasteiger partial charge in [-0.25, -0.2) is 14.8 Å². The molecule has 1 aromatic carbocycles. The largest absolute Gasteiger partial charge is 0.478 e. The molecule has 2 aromatic rings. The van der Waals surface area contributed by atoms with E-state index in [1.807, 2.05) is 0 Å². The third-order valence-corrected chi connectivity index (χ3v) is 4.27. The number of aryl methyl sites for hydroxylation is 1. The highest BCUT2D eigenvalue weighted by atomic mass is 16.4. The summed E-state index contributed by atoms with van der Waals surface area (Å²) in [7, 11) is 0. The van der Waals surface area contributed by atoms with Crippen LogP contribution < -0.4 is 5.32 Å². The number of rotatable bonds is 3. The molecule has 1 heterocycles. The van der Waals surface area contributed by atoms with Crippen LogP contribution in [0.3, 0.4) is 0 Å². The minimum absolute atomic E-state index is 0.282. The zero-order valence-corrected chi connectivity index (χ0v) is 13.1. The first kappa shape index (κ1) is 15.5. The highest BCUT2D eigenvalue weighted by molar-refractivity contribution is 5.88.